The fourth-order valence-corrected chi connectivity index (χ4v) is 3.34. The minimum Gasteiger partial charge on any atom is -0.321 e. The molecule has 2 aromatic rings. The highest BCUT2D eigenvalue weighted by Gasteiger charge is 2.32. The largest absolute Gasteiger partial charge is 0.321 e. The highest BCUT2D eigenvalue weighted by atomic mass is 32.1. The van der Waals surface area contributed by atoms with Crippen LogP contribution in [0.4, 0.5) is 0 Å². The zero-order valence-electron chi connectivity index (χ0n) is 9.73. The Morgan fingerprint density at radius 3 is 3.06 bits per heavy atom. The summed E-state index contributed by atoms with van der Waals surface area (Å²) in [7, 11) is 0. The zero-order chi connectivity index (χ0) is 11.7. The molecular weight excluding hydrogens is 228 g/mol. The first-order chi connectivity index (χ1) is 8.28. The Kier molecular flexibility index (Phi) is 2.73. The molecule has 0 amide bonds. The van der Waals surface area contributed by atoms with Gasteiger partial charge in [0.25, 0.3) is 0 Å². The van der Waals surface area contributed by atoms with Crippen LogP contribution in [-0.2, 0) is 18.4 Å². The monoisotopic (exact) mass is 244 g/mol. The number of nitrogens with two attached hydrogens (primary N) is 1. The van der Waals surface area contributed by atoms with Crippen LogP contribution in [0.5, 0.6) is 0 Å². The molecule has 1 heterocycles. The summed E-state index contributed by atoms with van der Waals surface area (Å²) in [6.45, 7) is 0. The van der Waals surface area contributed by atoms with Gasteiger partial charge in [0.15, 0.2) is 0 Å². The summed E-state index contributed by atoms with van der Waals surface area (Å²) in [5.41, 5.74) is 12.1. The first kappa shape index (κ1) is 10.9. The second-order valence-electron chi connectivity index (χ2n) is 4.82. The summed E-state index contributed by atoms with van der Waals surface area (Å²) in [5, 5.41) is 2.10. The maximum absolute atomic E-state index is 6.63. The predicted octanol–water partition coefficient (Wildman–Crippen LogP) is 2.88. The average Bonchev–Trinajstić information content (AvgIpc) is 2.82. The Hall–Kier alpha value is -1.19. The molecule has 0 saturated heterocycles. The van der Waals surface area contributed by atoms with Gasteiger partial charge in [-0.05, 0) is 30.4 Å². The van der Waals surface area contributed by atoms with Crippen LogP contribution >= 0.6 is 11.3 Å². The second kappa shape index (κ2) is 4.24. The van der Waals surface area contributed by atoms with Crippen molar-refractivity contribution < 1.29 is 0 Å². The number of thiazole rings is 1. The van der Waals surface area contributed by atoms with Gasteiger partial charge in [0, 0.05) is 17.3 Å². The quantitative estimate of drug-likeness (QED) is 0.882. The van der Waals surface area contributed by atoms with Crippen molar-refractivity contribution in [3.63, 3.8) is 0 Å². The van der Waals surface area contributed by atoms with E-state index in [1.54, 1.807) is 11.3 Å². The van der Waals surface area contributed by atoms with Gasteiger partial charge in [0.05, 0.1) is 11.2 Å². The molecule has 0 spiro atoms. The molecular formula is C14H16N2S. The molecule has 88 valence electrons. The lowest BCUT2D eigenvalue weighted by Gasteiger charge is -2.35. The number of hydrogen-bond donors (Lipinski definition) is 1. The number of rotatable bonds is 2. The molecule has 0 fully saturated rings. The summed E-state index contributed by atoms with van der Waals surface area (Å²) in [4.78, 5) is 4.37. The Morgan fingerprint density at radius 1 is 1.35 bits per heavy atom. The molecule has 0 aliphatic heterocycles. The van der Waals surface area contributed by atoms with Crippen molar-refractivity contribution in [1.29, 1.82) is 0 Å². The molecule has 2 nitrogen and oxygen atoms in total. The summed E-state index contributed by atoms with van der Waals surface area (Å²) in [6.07, 6.45) is 4.25. The number of fused-ring (bicyclic) bond motifs is 1. The lowest BCUT2D eigenvalue weighted by atomic mass is 9.75. The number of aromatic nitrogens is 1. The predicted molar refractivity (Wildman–Crippen MR) is 71.1 cm³/mol. The smallest absolute Gasteiger partial charge is 0.0794 e. The summed E-state index contributed by atoms with van der Waals surface area (Å²) >= 11 is 1.64. The molecule has 0 saturated carbocycles. The van der Waals surface area contributed by atoms with Gasteiger partial charge in [-0.1, -0.05) is 24.3 Å². The van der Waals surface area contributed by atoms with E-state index in [4.69, 9.17) is 5.73 Å². The third-order valence-electron chi connectivity index (χ3n) is 3.60. The SMILES string of the molecule is NC1(Cc2cscn2)CCCc2ccccc21. The Morgan fingerprint density at radius 2 is 2.24 bits per heavy atom. The number of aryl methyl sites for hydroxylation is 1. The maximum atomic E-state index is 6.63. The summed E-state index contributed by atoms with van der Waals surface area (Å²) in [5.74, 6) is 0. The Balaban J connectivity index is 1.98. The van der Waals surface area contributed by atoms with E-state index in [1.165, 1.54) is 17.5 Å². The lowest BCUT2D eigenvalue weighted by molar-refractivity contribution is 0.367. The Labute approximate surface area is 106 Å². The van der Waals surface area contributed by atoms with Crippen LogP contribution in [0.2, 0.25) is 0 Å². The average molecular weight is 244 g/mol. The van der Waals surface area contributed by atoms with Gasteiger partial charge in [-0.3, -0.25) is 0 Å². The standard InChI is InChI=1S/C14H16N2S/c15-14(8-12-9-17-10-16-12)7-3-5-11-4-1-2-6-13(11)14/h1-2,4,6,9-10H,3,5,7-8,15H2. The molecule has 17 heavy (non-hydrogen) atoms. The van der Waals surface area contributed by atoms with E-state index < -0.39 is 0 Å². The second-order valence-corrected chi connectivity index (χ2v) is 5.54. The van der Waals surface area contributed by atoms with Gasteiger partial charge < -0.3 is 5.73 Å². The zero-order valence-corrected chi connectivity index (χ0v) is 10.5. The minimum atomic E-state index is -0.219. The van der Waals surface area contributed by atoms with Crippen molar-refractivity contribution >= 4 is 11.3 Å². The molecule has 0 bridgehead atoms. The molecule has 1 aliphatic carbocycles. The maximum Gasteiger partial charge on any atom is 0.0794 e. The first-order valence-corrected chi connectivity index (χ1v) is 6.96. The van der Waals surface area contributed by atoms with E-state index in [1.807, 2.05) is 5.51 Å². The topological polar surface area (TPSA) is 38.9 Å². The van der Waals surface area contributed by atoms with Gasteiger partial charge in [0.2, 0.25) is 0 Å². The fourth-order valence-electron chi connectivity index (χ4n) is 2.78. The third-order valence-corrected chi connectivity index (χ3v) is 4.24. The molecule has 1 unspecified atom stereocenters. The van der Waals surface area contributed by atoms with Crippen LogP contribution < -0.4 is 5.73 Å². The van der Waals surface area contributed by atoms with Gasteiger partial charge in [0.1, 0.15) is 0 Å². The van der Waals surface area contributed by atoms with Crippen molar-refractivity contribution in [3.8, 4) is 0 Å². The summed E-state index contributed by atoms with van der Waals surface area (Å²) in [6, 6.07) is 8.58. The van der Waals surface area contributed by atoms with Crippen LogP contribution in [0.15, 0.2) is 35.2 Å². The molecule has 3 rings (SSSR count). The normalized spacial score (nSPS) is 23.4. The highest BCUT2D eigenvalue weighted by molar-refractivity contribution is 7.07. The molecule has 0 radical (unpaired) electrons. The fraction of sp³-hybridized carbons (Fsp3) is 0.357. The van der Waals surface area contributed by atoms with Crippen LogP contribution in [-0.4, -0.2) is 4.98 Å². The third kappa shape index (κ3) is 2.01. The molecule has 1 atom stereocenters. The van der Waals surface area contributed by atoms with Gasteiger partial charge in [-0.15, -0.1) is 11.3 Å². The number of nitrogens with zero attached hydrogens (tertiary/aromatic N) is 1. The van der Waals surface area contributed by atoms with E-state index in [2.05, 4.69) is 34.6 Å². The van der Waals surface area contributed by atoms with Crippen molar-refractivity contribution in [2.75, 3.05) is 0 Å². The summed E-state index contributed by atoms with van der Waals surface area (Å²) < 4.78 is 0. The molecule has 1 aromatic carbocycles. The van der Waals surface area contributed by atoms with Crippen molar-refractivity contribution in [1.82, 2.24) is 4.98 Å². The van der Waals surface area contributed by atoms with Gasteiger partial charge in [-0.2, -0.15) is 0 Å². The van der Waals surface area contributed by atoms with Crippen LogP contribution in [0.25, 0.3) is 0 Å². The van der Waals surface area contributed by atoms with Crippen LogP contribution in [0.3, 0.4) is 0 Å². The van der Waals surface area contributed by atoms with E-state index in [0.29, 0.717) is 0 Å². The van der Waals surface area contributed by atoms with Crippen LogP contribution in [0, 0.1) is 0 Å². The highest BCUT2D eigenvalue weighted by Crippen LogP contribution is 2.35. The lowest BCUT2D eigenvalue weighted by Crippen LogP contribution is -2.42. The first-order valence-electron chi connectivity index (χ1n) is 6.02. The van der Waals surface area contributed by atoms with E-state index in [0.717, 1.165) is 25.0 Å². The number of hydrogen-bond acceptors (Lipinski definition) is 3. The van der Waals surface area contributed by atoms with E-state index in [9.17, 15) is 0 Å². The van der Waals surface area contributed by atoms with Crippen molar-refractivity contribution in [2.24, 2.45) is 5.73 Å². The molecule has 2 N–H and O–H groups in total. The van der Waals surface area contributed by atoms with Crippen molar-refractivity contribution in [2.45, 2.75) is 31.2 Å². The van der Waals surface area contributed by atoms with E-state index in [-0.39, 0.29) is 5.54 Å². The van der Waals surface area contributed by atoms with Crippen LogP contribution in [0.1, 0.15) is 29.7 Å². The molecule has 1 aliphatic rings. The van der Waals surface area contributed by atoms with Crippen molar-refractivity contribution in [3.05, 3.63) is 52.0 Å². The van der Waals surface area contributed by atoms with Gasteiger partial charge >= 0.3 is 0 Å². The van der Waals surface area contributed by atoms with E-state index >= 15 is 0 Å². The number of benzene rings is 1. The molecule has 1 aromatic heterocycles. The Bertz CT molecular complexity index is 507. The van der Waals surface area contributed by atoms with Gasteiger partial charge in [-0.25, -0.2) is 4.98 Å². The minimum absolute atomic E-state index is 0.219. The molecule has 3 heteroatoms.